The van der Waals surface area contributed by atoms with Crippen LogP contribution in [-0.2, 0) is 13.6 Å². The van der Waals surface area contributed by atoms with Crippen molar-refractivity contribution in [1.29, 1.82) is 0 Å². The van der Waals surface area contributed by atoms with E-state index in [4.69, 9.17) is 0 Å². The largest absolute Gasteiger partial charge is 0.332 e. The number of hydrogen-bond donors (Lipinski definition) is 1. The monoisotopic (exact) mass is 272 g/mol. The zero-order valence-corrected chi connectivity index (χ0v) is 9.83. The molecule has 0 saturated carbocycles. The van der Waals surface area contributed by atoms with E-state index in [-0.39, 0.29) is 11.2 Å². The number of fused-ring (bicyclic) bond motifs is 1. The van der Waals surface area contributed by atoms with Gasteiger partial charge in [-0.2, -0.15) is 0 Å². The van der Waals surface area contributed by atoms with Crippen molar-refractivity contribution in [2.24, 2.45) is 7.05 Å². The van der Waals surface area contributed by atoms with Crippen molar-refractivity contribution in [3.05, 3.63) is 25.6 Å². The highest BCUT2D eigenvalue weighted by atomic mass is 79.9. The summed E-state index contributed by atoms with van der Waals surface area (Å²) in [5, 5.41) is 0. The standard InChI is InChI=1S/C8H9BrN4O2/c1-3-13-5-4(10-7(9)11-5)6(14)12(2)8(13)15/h3H2,1-2H3,(H,10,11). The smallest absolute Gasteiger partial charge is 0.327 e. The summed E-state index contributed by atoms with van der Waals surface area (Å²) >= 11 is 3.14. The number of hydrogen-bond acceptors (Lipinski definition) is 3. The summed E-state index contributed by atoms with van der Waals surface area (Å²) in [7, 11) is 1.45. The van der Waals surface area contributed by atoms with Crippen LogP contribution in [0.15, 0.2) is 14.3 Å². The highest BCUT2D eigenvalue weighted by Gasteiger charge is 2.13. The topological polar surface area (TPSA) is 72.7 Å². The van der Waals surface area contributed by atoms with Gasteiger partial charge in [-0.05, 0) is 22.9 Å². The molecule has 2 rings (SSSR count). The van der Waals surface area contributed by atoms with Gasteiger partial charge in [-0.1, -0.05) is 0 Å². The third kappa shape index (κ3) is 1.34. The van der Waals surface area contributed by atoms with E-state index in [2.05, 4.69) is 25.9 Å². The van der Waals surface area contributed by atoms with Crippen molar-refractivity contribution in [1.82, 2.24) is 19.1 Å². The molecule has 0 unspecified atom stereocenters. The van der Waals surface area contributed by atoms with Gasteiger partial charge >= 0.3 is 5.69 Å². The van der Waals surface area contributed by atoms with Crippen LogP contribution in [0.25, 0.3) is 11.2 Å². The molecule has 2 heterocycles. The molecule has 0 atom stereocenters. The first-order valence-electron chi connectivity index (χ1n) is 4.41. The minimum Gasteiger partial charge on any atom is -0.327 e. The second kappa shape index (κ2) is 3.34. The van der Waals surface area contributed by atoms with Crippen LogP contribution in [0.5, 0.6) is 0 Å². The molecule has 0 bridgehead atoms. The van der Waals surface area contributed by atoms with Crippen molar-refractivity contribution in [3.63, 3.8) is 0 Å². The predicted molar refractivity (Wildman–Crippen MR) is 59.0 cm³/mol. The number of aromatic amines is 1. The molecule has 1 N–H and O–H groups in total. The van der Waals surface area contributed by atoms with Crippen molar-refractivity contribution < 1.29 is 0 Å². The number of imidazole rings is 1. The van der Waals surface area contributed by atoms with Gasteiger partial charge in [0.05, 0.1) is 0 Å². The zero-order chi connectivity index (χ0) is 11.2. The van der Waals surface area contributed by atoms with Crippen LogP contribution in [0, 0.1) is 0 Å². The number of nitrogens with zero attached hydrogens (tertiary/aromatic N) is 3. The zero-order valence-electron chi connectivity index (χ0n) is 8.24. The van der Waals surface area contributed by atoms with E-state index in [0.29, 0.717) is 22.4 Å². The van der Waals surface area contributed by atoms with E-state index in [0.717, 1.165) is 4.57 Å². The summed E-state index contributed by atoms with van der Waals surface area (Å²) in [6.45, 7) is 2.30. The molecular formula is C8H9BrN4O2. The molecule has 0 spiro atoms. The molecule has 15 heavy (non-hydrogen) atoms. The Bertz CT molecular complexity index is 636. The highest BCUT2D eigenvalue weighted by Crippen LogP contribution is 2.09. The lowest BCUT2D eigenvalue weighted by atomic mass is 10.5. The lowest BCUT2D eigenvalue weighted by Crippen LogP contribution is -2.37. The minimum absolute atomic E-state index is 0.339. The maximum Gasteiger partial charge on any atom is 0.332 e. The Kier molecular flexibility index (Phi) is 2.26. The third-order valence-corrected chi connectivity index (χ3v) is 2.64. The molecule has 2 aromatic rings. The van der Waals surface area contributed by atoms with Gasteiger partial charge in [-0.15, -0.1) is 0 Å². The van der Waals surface area contributed by atoms with Gasteiger partial charge in [0.15, 0.2) is 15.9 Å². The number of halogens is 1. The van der Waals surface area contributed by atoms with Gasteiger partial charge in [-0.25, -0.2) is 9.78 Å². The second-order valence-corrected chi connectivity index (χ2v) is 3.87. The van der Waals surface area contributed by atoms with Crippen LogP contribution in [0.4, 0.5) is 0 Å². The van der Waals surface area contributed by atoms with E-state index in [1.807, 2.05) is 6.92 Å². The van der Waals surface area contributed by atoms with Crippen LogP contribution in [0.1, 0.15) is 6.92 Å². The average Bonchev–Trinajstić information content (AvgIpc) is 2.58. The van der Waals surface area contributed by atoms with Crippen molar-refractivity contribution >= 4 is 27.1 Å². The Labute approximate surface area is 92.7 Å². The number of aryl methyl sites for hydroxylation is 1. The first kappa shape index (κ1) is 10.2. The number of rotatable bonds is 1. The fourth-order valence-corrected chi connectivity index (χ4v) is 1.86. The third-order valence-electron chi connectivity index (χ3n) is 2.26. The van der Waals surface area contributed by atoms with E-state index >= 15 is 0 Å². The number of nitrogens with one attached hydrogen (secondary N) is 1. The van der Waals surface area contributed by atoms with Crippen LogP contribution in [0.3, 0.4) is 0 Å². The van der Waals surface area contributed by atoms with Crippen LogP contribution >= 0.6 is 15.9 Å². The van der Waals surface area contributed by atoms with E-state index < -0.39 is 0 Å². The molecular weight excluding hydrogens is 264 g/mol. The van der Waals surface area contributed by atoms with E-state index in [1.165, 1.54) is 11.6 Å². The van der Waals surface area contributed by atoms with Gasteiger partial charge < -0.3 is 4.98 Å². The summed E-state index contributed by atoms with van der Waals surface area (Å²) < 4.78 is 2.96. The quantitative estimate of drug-likeness (QED) is 0.755. The summed E-state index contributed by atoms with van der Waals surface area (Å²) in [4.78, 5) is 30.2. The molecule has 6 nitrogen and oxygen atoms in total. The summed E-state index contributed by atoms with van der Waals surface area (Å²) in [5.74, 6) is 0. The Balaban J connectivity index is 3.11. The van der Waals surface area contributed by atoms with Gasteiger partial charge in [0.2, 0.25) is 0 Å². The molecule has 0 aliphatic carbocycles. The number of aromatic nitrogens is 4. The Hall–Kier alpha value is -1.37. The average molecular weight is 273 g/mol. The fourth-order valence-electron chi connectivity index (χ4n) is 1.49. The fraction of sp³-hybridized carbons (Fsp3) is 0.375. The first-order chi connectivity index (χ1) is 7.06. The summed E-state index contributed by atoms with van der Waals surface area (Å²) in [6, 6.07) is 0. The summed E-state index contributed by atoms with van der Waals surface area (Å²) in [6.07, 6.45) is 0. The van der Waals surface area contributed by atoms with E-state index in [1.54, 1.807) is 0 Å². The summed E-state index contributed by atoms with van der Waals surface area (Å²) in [5.41, 5.74) is 0.00944. The van der Waals surface area contributed by atoms with Gasteiger partial charge in [-0.3, -0.25) is 13.9 Å². The van der Waals surface area contributed by atoms with Crippen LogP contribution in [-0.4, -0.2) is 19.1 Å². The highest BCUT2D eigenvalue weighted by molar-refractivity contribution is 9.10. The van der Waals surface area contributed by atoms with Crippen molar-refractivity contribution in [2.45, 2.75) is 13.5 Å². The number of H-pyrrole nitrogens is 1. The Morgan fingerprint density at radius 2 is 2.13 bits per heavy atom. The van der Waals surface area contributed by atoms with Crippen LogP contribution < -0.4 is 11.2 Å². The minimum atomic E-state index is -0.363. The molecule has 0 saturated heterocycles. The molecule has 0 amide bonds. The lowest BCUT2D eigenvalue weighted by Gasteiger charge is -2.04. The predicted octanol–water partition coefficient (Wildman–Crippen LogP) is 0.206. The van der Waals surface area contributed by atoms with Gasteiger partial charge in [0.1, 0.15) is 0 Å². The Morgan fingerprint density at radius 3 is 2.73 bits per heavy atom. The molecule has 0 aliphatic rings. The molecule has 80 valence electrons. The van der Waals surface area contributed by atoms with Crippen molar-refractivity contribution in [3.8, 4) is 0 Å². The molecule has 2 aromatic heterocycles. The Morgan fingerprint density at radius 1 is 1.47 bits per heavy atom. The molecule has 0 aliphatic heterocycles. The van der Waals surface area contributed by atoms with E-state index in [9.17, 15) is 9.59 Å². The van der Waals surface area contributed by atoms with Crippen LogP contribution in [0.2, 0.25) is 0 Å². The van der Waals surface area contributed by atoms with Gasteiger partial charge in [0, 0.05) is 13.6 Å². The molecule has 0 aromatic carbocycles. The van der Waals surface area contributed by atoms with Gasteiger partial charge in [0.25, 0.3) is 5.56 Å². The van der Waals surface area contributed by atoms with Crippen molar-refractivity contribution in [2.75, 3.05) is 0 Å². The normalized spacial score (nSPS) is 11.1. The maximum absolute atomic E-state index is 11.7. The molecule has 0 fully saturated rings. The molecule has 0 radical (unpaired) electrons. The first-order valence-corrected chi connectivity index (χ1v) is 5.20. The molecule has 7 heteroatoms. The lowest BCUT2D eigenvalue weighted by molar-refractivity contribution is 0.652. The SMILES string of the molecule is CCn1c(=O)n(C)c(=O)c2[nH]c(Br)nc21. The second-order valence-electron chi connectivity index (χ2n) is 3.12. The maximum atomic E-state index is 11.7.